The van der Waals surface area contributed by atoms with Crippen LogP contribution in [-0.4, -0.2) is 38.1 Å². The van der Waals surface area contributed by atoms with Crippen molar-refractivity contribution in [3.8, 4) is 0 Å². The molecule has 152 valence electrons. The van der Waals surface area contributed by atoms with Crippen molar-refractivity contribution in [1.82, 2.24) is 15.0 Å². The largest absolute Gasteiger partial charge is 0.394 e. The second-order valence-corrected chi connectivity index (χ2v) is 7.29. The molecule has 2 heterocycles. The third kappa shape index (κ3) is 4.97. The molecule has 8 nitrogen and oxygen atoms in total. The lowest BCUT2D eigenvalue weighted by atomic mass is 9.96. The molecule has 1 aromatic carbocycles. The fourth-order valence-corrected chi connectivity index (χ4v) is 3.01. The third-order valence-corrected chi connectivity index (χ3v) is 4.70. The number of aliphatic hydroxyl groups is 1. The van der Waals surface area contributed by atoms with Crippen LogP contribution in [0.3, 0.4) is 0 Å². The number of carbonyl (C=O) groups is 1. The monoisotopic (exact) mass is 394 g/mol. The topological polar surface area (TPSA) is 126 Å². The fraction of sp³-hybridized carbons (Fsp3) is 0.333. The van der Waals surface area contributed by atoms with Gasteiger partial charge in [-0.2, -0.15) is 4.98 Å². The predicted octanol–water partition coefficient (Wildman–Crippen LogP) is 3.21. The molecule has 0 unspecified atom stereocenters. The van der Waals surface area contributed by atoms with Gasteiger partial charge in [0.25, 0.3) is 5.91 Å². The summed E-state index contributed by atoms with van der Waals surface area (Å²) >= 11 is 0. The SMILES string of the molecule is CCCC[C@](C)(CO)Nc1nc(N)nc2cc(C(=O)Nc3ccccc3)cnc12. The van der Waals surface area contributed by atoms with E-state index in [9.17, 15) is 9.90 Å². The Balaban J connectivity index is 1.91. The molecule has 0 aliphatic rings. The molecule has 8 heteroatoms. The van der Waals surface area contributed by atoms with E-state index in [1.165, 1.54) is 6.20 Å². The summed E-state index contributed by atoms with van der Waals surface area (Å²) < 4.78 is 0. The van der Waals surface area contributed by atoms with Crippen LogP contribution in [0.5, 0.6) is 0 Å². The van der Waals surface area contributed by atoms with Crippen LogP contribution in [0.2, 0.25) is 0 Å². The van der Waals surface area contributed by atoms with Gasteiger partial charge in [-0.05, 0) is 31.5 Å². The summed E-state index contributed by atoms with van der Waals surface area (Å²) in [5.41, 5.74) is 7.32. The lowest BCUT2D eigenvalue weighted by molar-refractivity contribution is 0.102. The van der Waals surface area contributed by atoms with Crippen LogP contribution < -0.4 is 16.4 Å². The van der Waals surface area contributed by atoms with Crippen LogP contribution in [0.25, 0.3) is 11.0 Å². The molecule has 0 radical (unpaired) electrons. The van der Waals surface area contributed by atoms with Crippen molar-refractivity contribution in [2.75, 3.05) is 23.0 Å². The Hall–Kier alpha value is -3.26. The van der Waals surface area contributed by atoms with E-state index in [4.69, 9.17) is 5.73 Å². The van der Waals surface area contributed by atoms with Crippen LogP contribution in [0.15, 0.2) is 42.6 Å². The smallest absolute Gasteiger partial charge is 0.257 e. The van der Waals surface area contributed by atoms with Crippen LogP contribution in [-0.2, 0) is 0 Å². The van der Waals surface area contributed by atoms with Gasteiger partial charge in [-0.1, -0.05) is 38.0 Å². The van der Waals surface area contributed by atoms with Crippen LogP contribution in [0.4, 0.5) is 17.5 Å². The highest BCUT2D eigenvalue weighted by Crippen LogP contribution is 2.25. The minimum atomic E-state index is -0.561. The van der Waals surface area contributed by atoms with E-state index in [0.29, 0.717) is 28.1 Å². The normalized spacial score (nSPS) is 13.1. The Kier molecular flexibility index (Phi) is 6.23. The number of para-hydroxylation sites is 1. The number of pyridine rings is 1. The van der Waals surface area contributed by atoms with Crippen molar-refractivity contribution in [3.05, 3.63) is 48.2 Å². The number of carbonyl (C=O) groups excluding carboxylic acids is 1. The Labute approximate surface area is 169 Å². The number of nitrogens with zero attached hydrogens (tertiary/aromatic N) is 3. The number of aromatic nitrogens is 3. The van der Waals surface area contributed by atoms with E-state index >= 15 is 0 Å². The molecule has 0 saturated carbocycles. The Morgan fingerprint density at radius 2 is 2.00 bits per heavy atom. The maximum Gasteiger partial charge on any atom is 0.257 e. The molecule has 3 aromatic rings. The van der Waals surface area contributed by atoms with Gasteiger partial charge in [0.2, 0.25) is 5.95 Å². The zero-order chi connectivity index (χ0) is 20.9. The second kappa shape index (κ2) is 8.83. The molecule has 1 amide bonds. The van der Waals surface area contributed by atoms with E-state index in [-0.39, 0.29) is 18.5 Å². The maximum atomic E-state index is 12.5. The summed E-state index contributed by atoms with van der Waals surface area (Å²) in [6.45, 7) is 3.96. The van der Waals surface area contributed by atoms with E-state index < -0.39 is 5.54 Å². The number of nitrogen functional groups attached to an aromatic ring is 1. The predicted molar refractivity (Wildman–Crippen MR) is 115 cm³/mol. The van der Waals surface area contributed by atoms with Crippen LogP contribution in [0, 0.1) is 0 Å². The molecular weight excluding hydrogens is 368 g/mol. The van der Waals surface area contributed by atoms with Gasteiger partial charge in [0, 0.05) is 11.9 Å². The number of fused-ring (bicyclic) bond motifs is 1. The number of hydrogen-bond acceptors (Lipinski definition) is 7. The first kappa shape index (κ1) is 20.5. The van der Waals surface area contributed by atoms with Crippen molar-refractivity contribution in [1.29, 1.82) is 0 Å². The van der Waals surface area contributed by atoms with E-state index in [2.05, 4.69) is 32.5 Å². The summed E-state index contributed by atoms with van der Waals surface area (Å²) in [6.07, 6.45) is 4.22. The summed E-state index contributed by atoms with van der Waals surface area (Å²) in [5, 5.41) is 15.9. The van der Waals surface area contributed by atoms with Gasteiger partial charge in [0.15, 0.2) is 5.82 Å². The number of nitrogens with one attached hydrogen (secondary N) is 2. The number of benzene rings is 1. The highest BCUT2D eigenvalue weighted by Gasteiger charge is 2.25. The van der Waals surface area contributed by atoms with Gasteiger partial charge in [-0.25, -0.2) is 9.97 Å². The van der Waals surface area contributed by atoms with Gasteiger partial charge in [0.05, 0.1) is 23.2 Å². The number of amides is 1. The van der Waals surface area contributed by atoms with Gasteiger partial charge >= 0.3 is 0 Å². The number of aliphatic hydroxyl groups excluding tert-OH is 1. The van der Waals surface area contributed by atoms with E-state index in [0.717, 1.165) is 19.3 Å². The molecule has 0 fully saturated rings. The Bertz CT molecular complexity index is 995. The van der Waals surface area contributed by atoms with Gasteiger partial charge in [0.1, 0.15) is 5.52 Å². The molecule has 2 aromatic heterocycles. The van der Waals surface area contributed by atoms with E-state index in [1.807, 2.05) is 25.1 Å². The number of rotatable bonds is 8. The van der Waals surface area contributed by atoms with Crippen LogP contribution in [0.1, 0.15) is 43.5 Å². The molecule has 0 aliphatic heterocycles. The second-order valence-electron chi connectivity index (χ2n) is 7.29. The average Bonchev–Trinajstić information content (AvgIpc) is 2.72. The highest BCUT2D eigenvalue weighted by molar-refractivity contribution is 6.06. The molecule has 0 spiro atoms. The number of unbranched alkanes of at least 4 members (excludes halogenated alkanes) is 1. The van der Waals surface area contributed by atoms with Gasteiger partial charge in [-0.15, -0.1) is 0 Å². The van der Waals surface area contributed by atoms with Crippen molar-refractivity contribution >= 4 is 34.4 Å². The summed E-state index contributed by atoms with van der Waals surface area (Å²) in [6, 6.07) is 10.8. The lowest BCUT2D eigenvalue weighted by Gasteiger charge is -2.29. The van der Waals surface area contributed by atoms with Crippen LogP contribution >= 0.6 is 0 Å². The summed E-state index contributed by atoms with van der Waals surface area (Å²) in [4.78, 5) is 25.4. The molecule has 0 bridgehead atoms. The Morgan fingerprint density at radius 3 is 2.69 bits per heavy atom. The molecule has 0 saturated heterocycles. The molecule has 1 atom stereocenters. The standard InChI is InChI=1S/C21H26N6O2/c1-3-4-10-21(2,13-28)27-18-17-16(25-20(22)26-18)11-14(12-23-17)19(29)24-15-8-6-5-7-9-15/h5-9,11-12,28H,3-4,10,13H2,1-2H3,(H,24,29)(H3,22,25,26,27)/t21-/m1/s1. The first-order valence-electron chi connectivity index (χ1n) is 9.63. The quantitative estimate of drug-likeness (QED) is 0.462. The number of hydrogen-bond donors (Lipinski definition) is 4. The first-order valence-corrected chi connectivity index (χ1v) is 9.63. The van der Waals surface area contributed by atoms with Crippen molar-refractivity contribution in [2.24, 2.45) is 0 Å². The zero-order valence-corrected chi connectivity index (χ0v) is 16.6. The van der Waals surface area contributed by atoms with Crippen molar-refractivity contribution in [2.45, 2.75) is 38.6 Å². The van der Waals surface area contributed by atoms with Crippen molar-refractivity contribution in [3.63, 3.8) is 0 Å². The van der Waals surface area contributed by atoms with E-state index in [1.54, 1.807) is 18.2 Å². The highest BCUT2D eigenvalue weighted by atomic mass is 16.3. The number of nitrogens with two attached hydrogens (primary N) is 1. The minimum Gasteiger partial charge on any atom is -0.394 e. The first-order chi connectivity index (χ1) is 13.9. The number of anilines is 3. The zero-order valence-electron chi connectivity index (χ0n) is 16.6. The lowest BCUT2D eigenvalue weighted by Crippen LogP contribution is -2.39. The van der Waals surface area contributed by atoms with Gasteiger partial charge in [-0.3, -0.25) is 4.79 Å². The van der Waals surface area contributed by atoms with Crippen molar-refractivity contribution < 1.29 is 9.90 Å². The third-order valence-electron chi connectivity index (χ3n) is 4.70. The molecule has 0 aliphatic carbocycles. The summed E-state index contributed by atoms with van der Waals surface area (Å²) in [7, 11) is 0. The fourth-order valence-electron chi connectivity index (χ4n) is 3.01. The molecule has 5 N–H and O–H groups in total. The average molecular weight is 394 g/mol. The Morgan fingerprint density at radius 1 is 1.24 bits per heavy atom. The molecule has 3 rings (SSSR count). The van der Waals surface area contributed by atoms with Gasteiger partial charge < -0.3 is 21.5 Å². The molecule has 29 heavy (non-hydrogen) atoms. The summed E-state index contributed by atoms with van der Waals surface area (Å²) in [5.74, 6) is 0.216. The molecular formula is C21H26N6O2. The maximum absolute atomic E-state index is 12.5. The minimum absolute atomic E-state index is 0.0596.